The molecule has 98 valence electrons. The van der Waals surface area contributed by atoms with Crippen molar-refractivity contribution in [3.63, 3.8) is 0 Å². The standard InChI is InChI=1S/C18H14OS/c1-20-17-9-5-4-8-16(17)18(19)15-11-10-13-6-2-3-7-14(13)12-15/h2-12H,1H3. The van der Waals surface area contributed by atoms with Gasteiger partial charge >= 0.3 is 0 Å². The van der Waals surface area contributed by atoms with Crippen molar-refractivity contribution in [2.45, 2.75) is 4.90 Å². The zero-order chi connectivity index (χ0) is 13.9. The molecule has 0 spiro atoms. The SMILES string of the molecule is CSc1ccccc1C(=O)c1ccc2ccccc2c1. The molecule has 0 amide bonds. The second-order valence-electron chi connectivity index (χ2n) is 4.59. The lowest BCUT2D eigenvalue weighted by atomic mass is 10.00. The van der Waals surface area contributed by atoms with Gasteiger partial charge in [-0.1, -0.05) is 48.5 Å². The van der Waals surface area contributed by atoms with E-state index in [0.29, 0.717) is 0 Å². The third-order valence-electron chi connectivity index (χ3n) is 3.36. The van der Waals surface area contributed by atoms with Gasteiger partial charge in [0, 0.05) is 16.0 Å². The summed E-state index contributed by atoms with van der Waals surface area (Å²) in [5.74, 6) is 0.0840. The lowest BCUT2D eigenvalue weighted by Crippen LogP contribution is -2.02. The van der Waals surface area contributed by atoms with Gasteiger partial charge in [0.15, 0.2) is 5.78 Å². The van der Waals surface area contributed by atoms with Gasteiger partial charge in [-0.25, -0.2) is 0 Å². The van der Waals surface area contributed by atoms with E-state index >= 15 is 0 Å². The van der Waals surface area contributed by atoms with Crippen LogP contribution in [-0.2, 0) is 0 Å². The fraction of sp³-hybridized carbons (Fsp3) is 0.0556. The molecule has 0 fully saturated rings. The predicted octanol–water partition coefficient (Wildman–Crippen LogP) is 4.79. The van der Waals surface area contributed by atoms with Crippen LogP contribution in [-0.4, -0.2) is 12.0 Å². The number of carbonyl (C=O) groups is 1. The van der Waals surface area contributed by atoms with E-state index in [-0.39, 0.29) is 5.78 Å². The summed E-state index contributed by atoms with van der Waals surface area (Å²) in [6.07, 6.45) is 1.99. The van der Waals surface area contributed by atoms with Crippen LogP contribution in [0.2, 0.25) is 0 Å². The predicted molar refractivity (Wildman–Crippen MR) is 85.6 cm³/mol. The molecule has 0 aliphatic heterocycles. The zero-order valence-electron chi connectivity index (χ0n) is 11.2. The second kappa shape index (κ2) is 5.51. The van der Waals surface area contributed by atoms with E-state index in [4.69, 9.17) is 0 Å². The third-order valence-corrected chi connectivity index (χ3v) is 4.16. The molecule has 0 aromatic heterocycles. The maximum atomic E-state index is 12.7. The number of hydrogen-bond acceptors (Lipinski definition) is 2. The van der Waals surface area contributed by atoms with Crippen molar-refractivity contribution in [2.75, 3.05) is 6.26 Å². The van der Waals surface area contributed by atoms with Crippen molar-refractivity contribution < 1.29 is 4.79 Å². The number of hydrogen-bond donors (Lipinski definition) is 0. The Labute approximate surface area is 122 Å². The summed E-state index contributed by atoms with van der Waals surface area (Å²) in [7, 11) is 0. The average molecular weight is 278 g/mol. The first-order valence-corrected chi connectivity index (χ1v) is 7.68. The van der Waals surface area contributed by atoms with Gasteiger partial charge < -0.3 is 0 Å². The number of rotatable bonds is 3. The molecule has 0 N–H and O–H groups in total. The normalized spacial score (nSPS) is 10.7. The lowest BCUT2D eigenvalue weighted by Gasteiger charge is -2.07. The Morgan fingerprint density at radius 2 is 1.55 bits per heavy atom. The van der Waals surface area contributed by atoms with Gasteiger partial charge in [0.2, 0.25) is 0 Å². The first-order valence-electron chi connectivity index (χ1n) is 6.46. The van der Waals surface area contributed by atoms with Gasteiger partial charge in [0.1, 0.15) is 0 Å². The highest BCUT2D eigenvalue weighted by atomic mass is 32.2. The molecule has 3 rings (SSSR count). The fourth-order valence-corrected chi connectivity index (χ4v) is 2.91. The van der Waals surface area contributed by atoms with Crippen LogP contribution in [0.4, 0.5) is 0 Å². The molecule has 1 nitrogen and oxygen atoms in total. The minimum atomic E-state index is 0.0840. The number of carbonyl (C=O) groups excluding carboxylic acids is 1. The summed E-state index contributed by atoms with van der Waals surface area (Å²) in [6.45, 7) is 0. The van der Waals surface area contributed by atoms with Crippen LogP contribution in [0, 0.1) is 0 Å². The average Bonchev–Trinajstić information content (AvgIpc) is 2.53. The van der Waals surface area contributed by atoms with Crippen LogP contribution in [0.1, 0.15) is 15.9 Å². The summed E-state index contributed by atoms with van der Waals surface area (Å²) in [6, 6.07) is 21.7. The Hall–Kier alpha value is -2.06. The van der Waals surface area contributed by atoms with E-state index in [1.807, 2.05) is 66.9 Å². The molecule has 0 heterocycles. The molecule has 0 saturated heterocycles. The molecular weight excluding hydrogens is 264 g/mol. The van der Waals surface area contributed by atoms with Crippen molar-refractivity contribution in [3.8, 4) is 0 Å². The van der Waals surface area contributed by atoms with Gasteiger partial charge in [0.05, 0.1) is 0 Å². The number of benzene rings is 3. The molecule has 0 aliphatic rings. The Morgan fingerprint density at radius 1 is 0.850 bits per heavy atom. The monoisotopic (exact) mass is 278 g/mol. The second-order valence-corrected chi connectivity index (χ2v) is 5.44. The third kappa shape index (κ3) is 2.35. The Bertz CT molecular complexity index is 777. The molecule has 0 saturated carbocycles. The molecule has 0 atom stereocenters. The first kappa shape index (κ1) is 12.9. The molecule has 2 heteroatoms. The van der Waals surface area contributed by atoms with Crippen LogP contribution >= 0.6 is 11.8 Å². The largest absolute Gasteiger partial charge is 0.289 e. The highest BCUT2D eigenvalue weighted by Crippen LogP contribution is 2.24. The number of thioether (sulfide) groups is 1. The van der Waals surface area contributed by atoms with Gasteiger partial charge in [-0.05, 0) is 35.2 Å². The molecule has 3 aromatic carbocycles. The van der Waals surface area contributed by atoms with Crippen molar-refractivity contribution in [2.24, 2.45) is 0 Å². The van der Waals surface area contributed by atoms with Gasteiger partial charge in [-0.2, -0.15) is 0 Å². The zero-order valence-corrected chi connectivity index (χ0v) is 12.0. The minimum absolute atomic E-state index is 0.0840. The van der Waals surface area contributed by atoms with E-state index in [1.54, 1.807) is 11.8 Å². The number of fused-ring (bicyclic) bond motifs is 1. The molecule has 20 heavy (non-hydrogen) atoms. The fourth-order valence-electron chi connectivity index (χ4n) is 2.32. The Morgan fingerprint density at radius 3 is 2.35 bits per heavy atom. The van der Waals surface area contributed by atoms with E-state index in [9.17, 15) is 4.79 Å². The summed E-state index contributed by atoms with van der Waals surface area (Å²) in [4.78, 5) is 13.7. The van der Waals surface area contributed by atoms with Gasteiger partial charge in [-0.15, -0.1) is 11.8 Å². The lowest BCUT2D eigenvalue weighted by molar-refractivity contribution is 0.103. The maximum absolute atomic E-state index is 12.7. The summed E-state index contributed by atoms with van der Waals surface area (Å²) < 4.78 is 0. The molecule has 0 aliphatic carbocycles. The van der Waals surface area contributed by atoms with Crippen LogP contribution < -0.4 is 0 Å². The van der Waals surface area contributed by atoms with E-state index in [0.717, 1.165) is 26.8 Å². The van der Waals surface area contributed by atoms with Gasteiger partial charge in [-0.3, -0.25) is 4.79 Å². The number of ketones is 1. The highest BCUT2D eigenvalue weighted by Gasteiger charge is 2.13. The van der Waals surface area contributed by atoms with E-state index in [1.165, 1.54) is 0 Å². The molecule has 0 unspecified atom stereocenters. The quantitative estimate of drug-likeness (QED) is 0.506. The molecular formula is C18H14OS. The molecule has 3 aromatic rings. The first-order chi connectivity index (χ1) is 9.79. The maximum Gasteiger partial charge on any atom is 0.194 e. The van der Waals surface area contributed by atoms with Gasteiger partial charge in [0.25, 0.3) is 0 Å². The summed E-state index contributed by atoms with van der Waals surface area (Å²) in [5.41, 5.74) is 1.51. The smallest absolute Gasteiger partial charge is 0.194 e. The van der Waals surface area contributed by atoms with E-state index < -0.39 is 0 Å². The molecule has 0 bridgehead atoms. The minimum Gasteiger partial charge on any atom is -0.289 e. The van der Waals surface area contributed by atoms with Crippen molar-refractivity contribution >= 4 is 28.3 Å². The van der Waals surface area contributed by atoms with Crippen LogP contribution in [0.15, 0.2) is 71.6 Å². The van der Waals surface area contributed by atoms with Crippen LogP contribution in [0.25, 0.3) is 10.8 Å². The molecule has 0 radical (unpaired) electrons. The van der Waals surface area contributed by atoms with Crippen molar-refractivity contribution in [3.05, 3.63) is 77.9 Å². The Kier molecular flexibility index (Phi) is 3.57. The van der Waals surface area contributed by atoms with E-state index in [2.05, 4.69) is 6.07 Å². The van der Waals surface area contributed by atoms with Crippen LogP contribution in [0.3, 0.4) is 0 Å². The van der Waals surface area contributed by atoms with Crippen LogP contribution in [0.5, 0.6) is 0 Å². The highest BCUT2D eigenvalue weighted by molar-refractivity contribution is 7.98. The topological polar surface area (TPSA) is 17.1 Å². The van der Waals surface area contributed by atoms with Crippen molar-refractivity contribution in [1.29, 1.82) is 0 Å². The van der Waals surface area contributed by atoms with Crippen molar-refractivity contribution in [1.82, 2.24) is 0 Å². The summed E-state index contributed by atoms with van der Waals surface area (Å²) in [5, 5.41) is 2.25. The Balaban J connectivity index is 2.08. The summed E-state index contributed by atoms with van der Waals surface area (Å²) >= 11 is 1.60.